The second-order valence-corrected chi connectivity index (χ2v) is 4.40. The maximum absolute atomic E-state index is 5.80. The highest BCUT2D eigenvalue weighted by Gasteiger charge is 2.62. The smallest absolute Gasteiger partial charge is 0.174 e. The molecule has 1 saturated carbocycles. The highest BCUT2D eigenvalue weighted by molar-refractivity contribution is 5.14. The molecule has 0 aromatic rings. The average molecular weight is 180 g/mol. The largest absolute Gasteiger partial charge is 0.347 e. The van der Waals surface area contributed by atoms with Gasteiger partial charge in [-0.05, 0) is 18.8 Å². The zero-order valence-corrected chi connectivity index (χ0v) is 8.03. The van der Waals surface area contributed by atoms with Crippen LogP contribution >= 0.6 is 0 Å². The van der Waals surface area contributed by atoms with E-state index in [1.54, 1.807) is 0 Å². The molecular weight excluding hydrogens is 164 g/mol. The van der Waals surface area contributed by atoms with Gasteiger partial charge >= 0.3 is 0 Å². The Kier molecular flexibility index (Phi) is 1.59. The van der Waals surface area contributed by atoms with Crippen LogP contribution in [0.15, 0.2) is 12.2 Å². The molecule has 0 bridgehead atoms. The number of allylic oxidation sites excluding steroid dienone is 2. The summed E-state index contributed by atoms with van der Waals surface area (Å²) in [7, 11) is 0. The van der Waals surface area contributed by atoms with Gasteiger partial charge in [-0.25, -0.2) is 0 Å². The molecule has 13 heavy (non-hydrogen) atoms. The van der Waals surface area contributed by atoms with Crippen LogP contribution in [-0.4, -0.2) is 19.0 Å². The van der Waals surface area contributed by atoms with Crippen molar-refractivity contribution in [2.45, 2.75) is 25.6 Å². The van der Waals surface area contributed by atoms with Crippen molar-refractivity contribution in [1.82, 2.24) is 0 Å². The van der Waals surface area contributed by atoms with Gasteiger partial charge in [0, 0.05) is 11.8 Å². The van der Waals surface area contributed by atoms with Gasteiger partial charge < -0.3 is 9.47 Å². The molecule has 3 aliphatic rings. The quantitative estimate of drug-likeness (QED) is 0.530. The first kappa shape index (κ1) is 8.01. The molecule has 0 aromatic heterocycles. The van der Waals surface area contributed by atoms with Crippen LogP contribution in [0.4, 0.5) is 0 Å². The summed E-state index contributed by atoms with van der Waals surface area (Å²) >= 11 is 0. The molecular formula is C11H16O2. The molecule has 0 unspecified atom stereocenters. The SMILES string of the molecule is C[C@H]1[C@H]2C=CCC[C@H]2C12OCCO2. The van der Waals surface area contributed by atoms with E-state index in [2.05, 4.69) is 19.1 Å². The molecule has 2 heteroatoms. The Labute approximate surface area is 78.9 Å². The van der Waals surface area contributed by atoms with Crippen molar-refractivity contribution in [3.8, 4) is 0 Å². The van der Waals surface area contributed by atoms with Gasteiger partial charge in [-0.15, -0.1) is 0 Å². The van der Waals surface area contributed by atoms with Crippen LogP contribution < -0.4 is 0 Å². The molecule has 2 aliphatic carbocycles. The molecule has 3 rings (SSSR count). The normalized spacial score (nSPS) is 46.1. The van der Waals surface area contributed by atoms with Crippen molar-refractivity contribution in [2.24, 2.45) is 17.8 Å². The molecule has 0 N–H and O–H groups in total. The summed E-state index contributed by atoms with van der Waals surface area (Å²) < 4.78 is 11.6. The van der Waals surface area contributed by atoms with Crippen molar-refractivity contribution in [3.05, 3.63) is 12.2 Å². The van der Waals surface area contributed by atoms with Crippen LogP contribution in [-0.2, 0) is 9.47 Å². The third kappa shape index (κ3) is 0.856. The Hall–Kier alpha value is -0.340. The van der Waals surface area contributed by atoms with E-state index in [9.17, 15) is 0 Å². The fourth-order valence-corrected chi connectivity index (χ4v) is 3.25. The molecule has 0 amide bonds. The Morgan fingerprint density at radius 1 is 1.31 bits per heavy atom. The first-order valence-electron chi connectivity index (χ1n) is 5.29. The van der Waals surface area contributed by atoms with Crippen molar-refractivity contribution in [3.63, 3.8) is 0 Å². The second-order valence-electron chi connectivity index (χ2n) is 4.40. The van der Waals surface area contributed by atoms with E-state index in [0.29, 0.717) is 17.8 Å². The molecule has 2 nitrogen and oxygen atoms in total. The lowest BCUT2D eigenvalue weighted by atomic mass is 9.57. The van der Waals surface area contributed by atoms with E-state index in [4.69, 9.17) is 9.47 Å². The van der Waals surface area contributed by atoms with E-state index < -0.39 is 0 Å². The lowest BCUT2D eigenvalue weighted by Crippen LogP contribution is -2.62. The highest BCUT2D eigenvalue weighted by atomic mass is 16.7. The van der Waals surface area contributed by atoms with Crippen LogP contribution in [0.5, 0.6) is 0 Å². The maximum Gasteiger partial charge on any atom is 0.174 e. The summed E-state index contributed by atoms with van der Waals surface area (Å²) in [4.78, 5) is 0. The summed E-state index contributed by atoms with van der Waals surface area (Å²) in [5.41, 5.74) is 0. The zero-order chi connectivity index (χ0) is 8.89. The first-order chi connectivity index (χ1) is 6.34. The zero-order valence-electron chi connectivity index (χ0n) is 8.03. The third-order valence-corrected chi connectivity index (χ3v) is 3.93. The topological polar surface area (TPSA) is 18.5 Å². The van der Waals surface area contributed by atoms with E-state index in [0.717, 1.165) is 13.2 Å². The van der Waals surface area contributed by atoms with Gasteiger partial charge in [0.05, 0.1) is 13.2 Å². The van der Waals surface area contributed by atoms with Crippen LogP contribution in [0.2, 0.25) is 0 Å². The first-order valence-corrected chi connectivity index (χ1v) is 5.29. The number of hydrogen-bond donors (Lipinski definition) is 0. The lowest BCUT2D eigenvalue weighted by Gasteiger charge is -2.57. The van der Waals surface area contributed by atoms with Crippen LogP contribution in [0.25, 0.3) is 0 Å². The summed E-state index contributed by atoms with van der Waals surface area (Å²) in [5.74, 6) is 1.72. The molecule has 72 valence electrons. The Bertz CT molecular complexity index is 240. The Balaban J connectivity index is 1.88. The molecule has 1 spiro atoms. The molecule has 1 heterocycles. The van der Waals surface area contributed by atoms with Gasteiger partial charge in [0.15, 0.2) is 5.79 Å². The summed E-state index contributed by atoms with van der Waals surface area (Å²) in [5, 5.41) is 0. The summed E-state index contributed by atoms with van der Waals surface area (Å²) in [6.07, 6.45) is 7.10. The maximum atomic E-state index is 5.80. The van der Waals surface area contributed by atoms with Crippen LogP contribution in [0, 0.1) is 17.8 Å². The van der Waals surface area contributed by atoms with E-state index in [-0.39, 0.29) is 5.79 Å². The van der Waals surface area contributed by atoms with Gasteiger partial charge in [-0.2, -0.15) is 0 Å². The van der Waals surface area contributed by atoms with Crippen molar-refractivity contribution >= 4 is 0 Å². The van der Waals surface area contributed by atoms with E-state index in [1.165, 1.54) is 12.8 Å². The van der Waals surface area contributed by atoms with Crippen molar-refractivity contribution in [2.75, 3.05) is 13.2 Å². The van der Waals surface area contributed by atoms with Crippen molar-refractivity contribution < 1.29 is 9.47 Å². The number of rotatable bonds is 0. The Morgan fingerprint density at radius 3 is 2.85 bits per heavy atom. The number of fused-ring (bicyclic) bond motifs is 2. The summed E-state index contributed by atoms with van der Waals surface area (Å²) in [6.45, 7) is 3.83. The standard InChI is InChI=1S/C11H16O2/c1-8-9-4-2-3-5-10(9)11(8)12-6-7-13-11/h2,4,8-10H,3,5-7H2,1H3/t8-,9+,10+/m0/s1. The molecule has 0 aromatic carbocycles. The number of hydrogen-bond acceptors (Lipinski definition) is 2. The second kappa shape index (κ2) is 2.58. The number of ether oxygens (including phenoxy) is 2. The molecule has 3 atom stereocenters. The molecule has 2 fully saturated rings. The molecule has 1 saturated heterocycles. The minimum atomic E-state index is -0.185. The predicted molar refractivity (Wildman–Crippen MR) is 49.2 cm³/mol. The highest BCUT2D eigenvalue weighted by Crippen LogP contribution is 2.57. The minimum absolute atomic E-state index is 0.185. The van der Waals surface area contributed by atoms with Gasteiger partial charge in [0.2, 0.25) is 0 Å². The monoisotopic (exact) mass is 180 g/mol. The van der Waals surface area contributed by atoms with Crippen LogP contribution in [0.3, 0.4) is 0 Å². The minimum Gasteiger partial charge on any atom is -0.347 e. The molecule has 1 aliphatic heterocycles. The fourth-order valence-electron chi connectivity index (χ4n) is 3.25. The van der Waals surface area contributed by atoms with E-state index >= 15 is 0 Å². The van der Waals surface area contributed by atoms with Gasteiger partial charge in [-0.1, -0.05) is 19.1 Å². The fraction of sp³-hybridized carbons (Fsp3) is 0.818. The van der Waals surface area contributed by atoms with Gasteiger partial charge in [0.1, 0.15) is 0 Å². The molecule has 0 radical (unpaired) electrons. The average Bonchev–Trinajstić information content (AvgIpc) is 2.68. The predicted octanol–water partition coefficient (Wildman–Crippen LogP) is 1.96. The lowest BCUT2D eigenvalue weighted by molar-refractivity contribution is -0.308. The van der Waals surface area contributed by atoms with Gasteiger partial charge in [-0.3, -0.25) is 0 Å². The Morgan fingerprint density at radius 2 is 2.08 bits per heavy atom. The van der Waals surface area contributed by atoms with Crippen LogP contribution in [0.1, 0.15) is 19.8 Å². The van der Waals surface area contributed by atoms with E-state index in [1.807, 2.05) is 0 Å². The summed E-state index contributed by atoms with van der Waals surface area (Å²) in [6, 6.07) is 0. The van der Waals surface area contributed by atoms with Crippen molar-refractivity contribution in [1.29, 1.82) is 0 Å². The van der Waals surface area contributed by atoms with Gasteiger partial charge in [0.25, 0.3) is 0 Å². The third-order valence-electron chi connectivity index (χ3n) is 3.93.